The Kier molecular flexibility index (Phi) is 5.30. The fraction of sp³-hybridized carbons (Fsp3) is 0.150. The van der Waals surface area contributed by atoms with Crippen LogP contribution in [0.25, 0.3) is 5.57 Å². The molecule has 3 N–H and O–H groups in total. The molecule has 0 aromatic heterocycles. The lowest BCUT2D eigenvalue weighted by atomic mass is 9.94. The fourth-order valence-corrected chi connectivity index (χ4v) is 2.93. The maximum Gasteiger partial charge on any atom is 0.337 e. The van der Waals surface area contributed by atoms with Gasteiger partial charge in [-0.3, -0.25) is 9.59 Å². The summed E-state index contributed by atoms with van der Waals surface area (Å²) in [6, 6.07) is 9.29. The highest BCUT2D eigenvalue weighted by Gasteiger charge is 2.24. The van der Waals surface area contributed by atoms with E-state index in [-0.39, 0.29) is 23.7 Å². The minimum Gasteiger partial charge on any atom is -0.493 e. The number of nitrogens with one attached hydrogen (secondary N) is 2. The Hall–Kier alpha value is -3.81. The lowest BCUT2D eigenvalue weighted by molar-refractivity contribution is -0.111. The number of aromatic carboxylic acids is 1. The predicted molar refractivity (Wildman–Crippen MR) is 102 cm³/mol. The first-order valence-corrected chi connectivity index (χ1v) is 8.33. The Bertz CT molecular complexity index is 996. The molecular weight excluding hydrogens is 364 g/mol. The molecule has 3 rings (SSSR count). The smallest absolute Gasteiger partial charge is 0.337 e. The van der Waals surface area contributed by atoms with Crippen molar-refractivity contribution in [1.29, 1.82) is 0 Å². The van der Waals surface area contributed by atoms with E-state index < -0.39 is 11.9 Å². The normalized spacial score (nSPS) is 14.1. The molecule has 0 aliphatic carbocycles. The van der Waals surface area contributed by atoms with Crippen LogP contribution in [-0.2, 0) is 4.79 Å². The van der Waals surface area contributed by atoms with Crippen molar-refractivity contribution in [2.45, 2.75) is 0 Å². The van der Waals surface area contributed by atoms with E-state index in [1.165, 1.54) is 32.4 Å². The number of carbonyl (C=O) groups is 3. The number of hydrogen-bond donors (Lipinski definition) is 3. The number of amides is 2. The number of carboxylic acids is 1. The van der Waals surface area contributed by atoms with Crippen molar-refractivity contribution in [3.8, 4) is 11.5 Å². The van der Waals surface area contributed by atoms with E-state index in [0.717, 1.165) is 0 Å². The molecule has 144 valence electrons. The second-order valence-electron chi connectivity index (χ2n) is 5.95. The highest BCUT2D eigenvalue weighted by molar-refractivity contribution is 6.11. The van der Waals surface area contributed by atoms with Crippen molar-refractivity contribution in [3.05, 3.63) is 59.2 Å². The second-order valence-corrected chi connectivity index (χ2v) is 5.95. The van der Waals surface area contributed by atoms with Crippen LogP contribution in [0.15, 0.2) is 42.5 Å². The fourth-order valence-electron chi connectivity index (χ4n) is 2.93. The van der Waals surface area contributed by atoms with Gasteiger partial charge in [-0.15, -0.1) is 0 Å². The number of para-hydroxylation sites is 1. The van der Waals surface area contributed by atoms with Gasteiger partial charge in [0.05, 0.1) is 31.0 Å². The number of rotatable bonds is 5. The Balaban J connectivity index is 1.96. The molecule has 2 aromatic carbocycles. The zero-order chi connectivity index (χ0) is 20.3. The van der Waals surface area contributed by atoms with Gasteiger partial charge < -0.3 is 25.2 Å². The zero-order valence-corrected chi connectivity index (χ0v) is 15.2. The number of benzene rings is 2. The standard InChI is InChI=1S/C20H18N2O6/c1-27-16-8-13-11(10-21-19(24)14(13)9-17(16)28-2)7-18(23)22-15-6-4-3-5-12(15)20(25)26/h3-9H,10H2,1-2H3,(H,21,24)(H,22,23)(H,25,26)/b11-7-. The largest absolute Gasteiger partial charge is 0.493 e. The number of ether oxygens (including phenoxy) is 2. The summed E-state index contributed by atoms with van der Waals surface area (Å²) in [4.78, 5) is 36.0. The van der Waals surface area contributed by atoms with Crippen molar-refractivity contribution in [3.63, 3.8) is 0 Å². The number of carbonyl (C=O) groups excluding carboxylic acids is 2. The molecule has 1 aliphatic heterocycles. The van der Waals surface area contributed by atoms with Crippen molar-refractivity contribution in [1.82, 2.24) is 5.32 Å². The minimum atomic E-state index is -1.14. The summed E-state index contributed by atoms with van der Waals surface area (Å²) in [5.41, 5.74) is 1.63. The maximum atomic E-state index is 12.5. The van der Waals surface area contributed by atoms with Crippen LogP contribution in [-0.4, -0.2) is 43.7 Å². The van der Waals surface area contributed by atoms with Crippen molar-refractivity contribution >= 4 is 29.0 Å². The summed E-state index contributed by atoms with van der Waals surface area (Å²) in [5, 5.41) is 14.5. The first kappa shape index (κ1) is 19.0. The van der Waals surface area contributed by atoms with E-state index in [2.05, 4.69) is 10.6 Å². The van der Waals surface area contributed by atoms with Gasteiger partial charge >= 0.3 is 5.97 Å². The molecule has 1 heterocycles. The SMILES string of the molecule is COc1cc2c(cc1OC)/C(=C\C(=O)Nc1ccccc1C(=O)O)CNC2=O. The van der Waals surface area contributed by atoms with Crippen LogP contribution in [0.2, 0.25) is 0 Å². The van der Waals surface area contributed by atoms with E-state index in [0.29, 0.717) is 28.2 Å². The molecule has 0 atom stereocenters. The molecule has 0 unspecified atom stereocenters. The topological polar surface area (TPSA) is 114 Å². The maximum absolute atomic E-state index is 12.5. The van der Waals surface area contributed by atoms with E-state index in [9.17, 15) is 19.5 Å². The van der Waals surface area contributed by atoms with E-state index in [1.54, 1.807) is 24.3 Å². The molecule has 2 aromatic rings. The summed E-state index contributed by atoms with van der Waals surface area (Å²) in [6.45, 7) is 0.148. The van der Waals surface area contributed by atoms with Crippen molar-refractivity contribution < 1.29 is 29.0 Å². The average molecular weight is 382 g/mol. The number of carboxylic acid groups (broad SMARTS) is 1. The van der Waals surface area contributed by atoms with Crippen LogP contribution in [0.3, 0.4) is 0 Å². The Morgan fingerprint density at radius 1 is 1.11 bits per heavy atom. The average Bonchev–Trinajstić information content (AvgIpc) is 2.69. The molecule has 8 nitrogen and oxygen atoms in total. The van der Waals surface area contributed by atoms with E-state index in [1.807, 2.05) is 0 Å². The summed E-state index contributed by atoms with van der Waals surface area (Å²) in [5.74, 6) is -1.11. The summed E-state index contributed by atoms with van der Waals surface area (Å²) >= 11 is 0. The van der Waals surface area contributed by atoms with Crippen LogP contribution < -0.4 is 20.1 Å². The highest BCUT2D eigenvalue weighted by Crippen LogP contribution is 2.35. The lowest BCUT2D eigenvalue weighted by Gasteiger charge is -2.21. The van der Waals surface area contributed by atoms with Gasteiger partial charge in [0.1, 0.15) is 0 Å². The summed E-state index contributed by atoms with van der Waals surface area (Å²) in [7, 11) is 2.95. The van der Waals surface area contributed by atoms with Gasteiger partial charge in [-0.1, -0.05) is 12.1 Å². The molecule has 28 heavy (non-hydrogen) atoms. The molecule has 8 heteroatoms. The molecule has 1 aliphatic rings. The van der Waals surface area contributed by atoms with Gasteiger partial charge in [0.15, 0.2) is 11.5 Å². The molecular formula is C20H18N2O6. The summed E-state index contributed by atoms with van der Waals surface area (Å²) < 4.78 is 10.5. The lowest BCUT2D eigenvalue weighted by Crippen LogP contribution is -2.31. The number of hydrogen-bond acceptors (Lipinski definition) is 5. The quantitative estimate of drug-likeness (QED) is 0.683. The Morgan fingerprint density at radius 2 is 1.75 bits per heavy atom. The van der Waals surface area contributed by atoms with Gasteiger partial charge in [-0.2, -0.15) is 0 Å². The van der Waals surface area contributed by atoms with Crippen LogP contribution in [0, 0.1) is 0 Å². The molecule has 0 saturated carbocycles. The number of anilines is 1. The van der Waals surface area contributed by atoms with Crippen LogP contribution in [0.1, 0.15) is 26.3 Å². The van der Waals surface area contributed by atoms with Crippen LogP contribution in [0.5, 0.6) is 11.5 Å². The number of fused-ring (bicyclic) bond motifs is 1. The predicted octanol–water partition coefficient (Wildman–Crippen LogP) is 2.17. The van der Waals surface area contributed by atoms with E-state index in [4.69, 9.17) is 9.47 Å². The first-order valence-electron chi connectivity index (χ1n) is 8.33. The van der Waals surface area contributed by atoms with Crippen molar-refractivity contribution in [2.75, 3.05) is 26.1 Å². The second kappa shape index (κ2) is 7.83. The minimum absolute atomic E-state index is 0.0157. The van der Waals surface area contributed by atoms with Gasteiger partial charge in [0.2, 0.25) is 5.91 Å². The van der Waals surface area contributed by atoms with E-state index >= 15 is 0 Å². The Labute approximate surface area is 160 Å². The highest BCUT2D eigenvalue weighted by atomic mass is 16.5. The van der Waals surface area contributed by atoms with Crippen LogP contribution >= 0.6 is 0 Å². The van der Waals surface area contributed by atoms with Gasteiger partial charge in [0, 0.05) is 12.6 Å². The summed E-state index contributed by atoms with van der Waals surface area (Å²) in [6.07, 6.45) is 1.32. The monoisotopic (exact) mass is 382 g/mol. The van der Waals surface area contributed by atoms with Gasteiger partial charge in [-0.05, 0) is 35.4 Å². The third kappa shape index (κ3) is 3.66. The first-order chi connectivity index (χ1) is 13.4. The molecule has 0 saturated heterocycles. The number of methoxy groups -OCH3 is 2. The molecule has 0 spiro atoms. The third-order valence-corrected chi connectivity index (χ3v) is 4.27. The molecule has 2 amide bonds. The molecule has 0 radical (unpaired) electrons. The molecule has 0 fully saturated rings. The van der Waals surface area contributed by atoms with Gasteiger partial charge in [0.25, 0.3) is 5.91 Å². The Morgan fingerprint density at radius 3 is 2.39 bits per heavy atom. The third-order valence-electron chi connectivity index (χ3n) is 4.27. The van der Waals surface area contributed by atoms with Crippen LogP contribution in [0.4, 0.5) is 5.69 Å². The molecule has 0 bridgehead atoms. The zero-order valence-electron chi connectivity index (χ0n) is 15.2. The van der Waals surface area contributed by atoms with Gasteiger partial charge in [-0.25, -0.2) is 4.79 Å². The van der Waals surface area contributed by atoms with Crippen molar-refractivity contribution in [2.24, 2.45) is 0 Å².